The van der Waals surface area contributed by atoms with Crippen LogP contribution in [0.2, 0.25) is 0 Å². The first kappa shape index (κ1) is 21.0. The molecule has 0 aromatic heterocycles. The Kier molecular flexibility index (Phi) is 7.19. The Bertz CT molecular complexity index is 746. The normalized spacial score (nSPS) is 10.4. The first-order valence-electron chi connectivity index (χ1n) is 8.17. The molecule has 2 aromatic rings. The van der Waals surface area contributed by atoms with Crippen molar-refractivity contribution in [2.24, 2.45) is 0 Å². The van der Waals surface area contributed by atoms with Crippen LogP contribution in [0, 0.1) is 0 Å². The predicted octanol–water partition coefficient (Wildman–Crippen LogP) is 4.43. The van der Waals surface area contributed by atoms with Gasteiger partial charge in [-0.25, -0.2) is 9.59 Å². The average molecular weight is 360 g/mol. The van der Waals surface area contributed by atoms with Gasteiger partial charge in [-0.1, -0.05) is 27.7 Å². The van der Waals surface area contributed by atoms with E-state index in [0.29, 0.717) is 11.1 Å². The van der Waals surface area contributed by atoms with Crippen LogP contribution in [0.5, 0.6) is 11.5 Å². The number of carboxylic acids is 2. The Morgan fingerprint density at radius 1 is 0.731 bits per heavy atom. The van der Waals surface area contributed by atoms with Crippen molar-refractivity contribution < 1.29 is 30.0 Å². The highest BCUT2D eigenvalue weighted by Crippen LogP contribution is 2.34. The van der Waals surface area contributed by atoms with E-state index in [1.807, 2.05) is 27.7 Å². The molecule has 2 aromatic carbocycles. The fourth-order valence-electron chi connectivity index (χ4n) is 2.29. The number of carboxylic acid groups (broad SMARTS) is 2. The standard InChI is InChI=1S/C13H18O3.C7H6O3/c1-7(2)10-5-9(13(15)16)6-11(8(3)4)12(10)14;8-6-3-1-5(2-4-6)7(9)10/h5-8,14H,1-4H3,(H,15,16);1-4,8H,(H,9,10). The van der Waals surface area contributed by atoms with Crippen LogP contribution in [0.25, 0.3) is 0 Å². The minimum absolute atomic E-state index is 0.0741. The molecule has 0 unspecified atom stereocenters. The summed E-state index contributed by atoms with van der Waals surface area (Å²) in [5.74, 6) is -1.42. The topological polar surface area (TPSA) is 115 Å². The van der Waals surface area contributed by atoms with E-state index < -0.39 is 11.9 Å². The van der Waals surface area contributed by atoms with Gasteiger partial charge < -0.3 is 20.4 Å². The second kappa shape index (κ2) is 8.89. The molecular weight excluding hydrogens is 336 g/mol. The molecular formula is C20H24O6. The summed E-state index contributed by atoms with van der Waals surface area (Å²) in [5.41, 5.74) is 1.82. The fraction of sp³-hybridized carbons (Fsp3) is 0.300. The number of phenolic OH excluding ortho intramolecular Hbond substituents is 2. The van der Waals surface area contributed by atoms with Gasteiger partial charge in [-0.15, -0.1) is 0 Å². The van der Waals surface area contributed by atoms with Crippen molar-refractivity contribution in [2.75, 3.05) is 0 Å². The molecule has 140 valence electrons. The highest BCUT2D eigenvalue weighted by atomic mass is 16.4. The molecule has 4 N–H and O–H groups in total. The molecule has 6 nitrogen and oxygen atoms in total. The Balaban J connectivity index is 0.000000289. The third-order valence-electron chi connectivity index (χ3n) is 3.77. The highest BCUT2D eigenvalue weighted by Gasteiger charge is 2.17. The minimum Gasteiger partial charge on any atom is -0.508 e. The minimum atomic E-state index is -0.986. The van der Waals surface area contributed by atoms with Crippen molar-refractivity contribution in [2.45, 2.75) is 39.5 Å². The van der Waals surface area contributed by atoms with Crippen molar-refractivity contribution >= 4 is 11.9 Å². The Hall–Kier alpha value is -3.02. The van der Waals surface area contributed by atoms with Gasteiger partial charge in [-0.3, -0.25) is 0 Å². The number of rotatable bonds is 4. The number of hydrogen-bond acceptors (Lipinski definition) is 4. The maximum Gasteiger partial charge on any atom is 0.335 e. The van der Waals surface area contributed by atoms with Crippen LogP contribution in [0.4, 0.5) is 0 Å². The second-order valence-electron chi connectivity index (χ2n) is 6.47. The lowest BCUT2D eigenvalue weighted by Crippen LogP contribution is -2.03. The van der Waals surface area contributed by atoms with Crippen LogP contribution in [0.3, 0.4) is 0 Å². The van der Waals surface area contributed by atoms with E-state index in [4.69, 9.17) is 15.3 Å². The van der Waals surface area contributed by atoms with Gasteiger partial charge in [0.1, 0.15) is 11.5 Å². The quantitative estimate of drug-likeness (QED) is 0.641. The summed E-state index contributed by atoms with van der Waals surface area (Å²) < 4.78 is 0. The molecule has 6 heteroatoms. The number of carbonyl (C=O) groups is 2. The summed E-state index contributed by atoms with van der Waals surface area (Å²) in [6, 6.07) is 8.46. The zero-order valence-corrected chi connectivity index (χ0v) is 15.2. The van der Waals surface area contributed by atoms with E-state index in [2.05, 4.69) is 0 Å². The number of phenols is 2. The third kappa shape index (κ3) is 5.51. The SMILES string of the molecule is CC(C)c1cc(C(=O)O)cc(C(C)C)c1O.O=C(O)c1ccc(O)cc1. The molecule has 0 aliphatic carbocycles. The lowest BCUT2D eigenvalue weighted by atomic mass is 9.91. The Morgan fingerprint density at radius 2 is 1.12 bits per heavy atom. The Labute approximate surface area is 152 Å². The van der Waals surface area contributed by atoms with Gasteiger partial charge in [0.15, 0.2) is 0 Å². The largest absolute Gasteiger partial charge is 0.508 e. The first-order valence-corrected chi connectivity index (χ1v) is 8.17. The fourth-order valence-corrected chi connectivity index (χ4v) is 2.29. The summed E-state index contributed by atoms with van der Waals surface area (Å²) in [6.07, 6.45) is 0. The molecule has 0 aliphatic rings. The molecule has 0 radical (unpaired) electrons. The van der Waals surface area contributed by atoms with Crippen molar-refractivity contribution in [3.8, 4) is 11.5 Å². The molecule has 0 heterocycles. The molecule has 0 bridgehead atoms. The molecule has 0 spiro atoms. The molecule has 0 fully saturated rings. The van der Waals surface area contributed by atoms with E-state index >= 15 is 0 Å². The molecule has 2 rings (SSSR count). The average Bonchev–Trinajstić information content (AvgIpc) is 2.55. The van der Waals surface area contributed by atoms with E-state index in [0.717, 1.165) is 0 Å². The maximum atomic E-state index is 11.0. The zero-order chi connectivity index (χ0) is 20.0. The lowest BCUT2D eigenvalue weighted by molar-refractivity contribution is 0.0686. The van der Waals surface area contributed by atoms with Crippen LogP contribution < -0.4 is 0 Å². The van der Waals surface area contributed by atoms with E-state index in [-0.39, 0.29) is 34.5 Å². The van der Waals surface area contributed by atoms with Crippen molar-refractivity contribution in [1.82, 2.24) is 0 Å². The van der Waals surface area contributed by atoms with E-state index in [9.17, 15) is 14.7 Å². The van der Waals surface area contributed by atoms with Crippen molar-refractivity contribution in [1.29, 1.82) is 0 Å². The molecule has 0 aliphatic heterocycles. The van der Waals surface area contributed by atoms with Crippen LogP contribution in [-0.4, -0.2) is 32.4 Å². The number of aromatic carboxylic acids is 2. The summed E-state index contributed by atoms with van der Waals surface area (Å²) >= 11 is 0. The molecule has 26 heavy (non-hydrogen) atoms. The smallest absolute Gasteiger partial charge is 0.335 e. The summed E-state index contributed by atoms with van der Waals surface area (Å²) in [7, 11) is 0. The number of hydrogen-bond donors (Lipinski definition) is 4. The van der Waals surface area contributed by atoms with Gasteiger partial charge in [-0.05, 0) is 59.4 Å². The van der Waals surface area contributed by atoms with Crippen LogP contribution in [-0.2, 0) is 0 Å². The highest BCUT2D eigenvalue weighted by molar-refractivity contribution is 5.88. The summed E-state index contributed by atoms with van der Waals surface area (Å²) in [6.45, 7) is 7.74. The molecule has 0 amide bonds. The van der Waals surface area contributed by atoms with Gasteiger partial charge in [0.25, 0.3) is 0 Å². The molecule has 0 saturated heterocycles. The third-order valence-corrected chi connectivity index (χ3v) is 3.77. The predicted molar refractivity (Wildman–Crippen MR) is 98.3 cm³/mol. The van der Waals surface area contributed by atoms with Gasteiger partial charge in [-0.2, -0.15) is 0 Å². The second-order valence-corrected chi connectivity index (χ2v) is 6.47. The number of benzene rings is 2. The lowest BCUT2D eigenvalue weighted by Gasteiger charge is -2.16. The maximum absolute atomic E-state index is 11.0. The molecule has 0 atom stereocenters. The monoisotopic (exact) mass is 360 g/mol. The zero-order valence-electron chi connectivity index (χ0n) is 15.2. The van der Waals surface area contributed by atoms with Gasteiger partial charge in [0.2, 0.25) is 0 Å². The Morgan fingerprint density at radius 3 is 1.42 bits per heavy atom. The molecule has 0 saturated carbocycles. The van der Waals surface area contributed by atoms with Crippen LogP contribution in [0.15, 0.2) is 36.4 Å². The van der Waals surface area contributed by atoms with E-state index in [1.54, 1.807) is 12.1 Å². The van der Waals surface area contributed by atoms with Crippen LogP contribution >= 0.6 is 0 Å². The van der Waals surface area contributed by atoms with Gasteiger partial charge in [0.05, 0.1) is 11.1 Å². The summed E-state index contributed by atoms with van der Waals surface area (Å²) in [5, 5.41) is 36.2. The summed E-state index contributed by atoms with van der Waals surface area (Å²) in [4.78, 5) is 21.2. The first-order chi connectivity index (χ1) is 12.0. The van der Waals surface area contributed by atoms with Crippen LogP contribution in [0.1, 0.15) is 71.4 Å². The van der Waals surface area contributed by atoms with Gasteiger partial charge >= 0.3 is 11.9 Å². The van der Waals surface area contributed by atoms with Crippen molar-refractivity contribution in [3.05, 3.63) is 58.7 Å². The van der Waals surface area contributed by atoms with Crippen molar-refractivity contribution in [3.63, 3.8) is 0 Å². The van der Waals surface area contributed by atoms with E-state index in [1.165, 1.54) is 24.3 Å². The number of aromatic hydroxyl groups is 2. The van der Waals surface area contributed by atoms with Gasteiger partial charge in [0, 0.05) is 0 Å².